The van der Waals surface area contributed by atoms with E-state index >= 15 is 0 Å². The molecule has 0 aliphatic heterocycles. The number of nitrogens with zero attached hydrogens (tertiary/aromatic N) is 2. The number of hydrogen-bond acceptors (Lipinski definition) is 2. The molecule has 2 rings (SSSR count). The third-order valence-electron chi connectivity index (χ3n) is 2.76. The molecular weight excluding hydrogens is 229 g/mol. The molecule has 0 unspecified atom stereocenters. The largest absolute Gasteiger partial charge is 0.310 e. The van der Waals surface area contributed by atoms with Gasteiger partial charge in [0.2, 0.25) is 0 Å². The maximum atomic E-state index is 13.4. The second-order valence-electron chi connectivity index (χ2n) is 4.71. The fourth-order valence-corrected chi connectivity index (χ4v) is 1.81. The molecule has 1 aromatic heterocycles. The molecule has 0 radical (unpaired) electrons. The van der Waals surface area contributed by atoms with Gasteiger partial charge < -0.3 is 5.32 Å². The van der Waals surface area contributed by atoms with Gasteiger partial charge in [0.1, 0.15) is 5.82 Å². The molecule has 96 valence electrons. The summed E-state index contributed by atoms with van der Waals surface area (Å²) >= 11 is 0. The van der Waals surface area contributed by atoms with E-state index in [2.05, 4.69) is 24.3 Å². The van der Waals surface area contributed by atoms with Gasteiger partial charge in [0, 0.05) is 31.4 Å². The van der Waals surface area contributed by atoms with Crippen LogP contribution in [0, 0.1) is 5.82 Å². The Balaban J connectivity index is 2.34. The Morgan fingerprint density at radius 2 is 2.11 bits per heavy atom. The fourth-order valence-electron chi connectivity index (χ4n) is 1.81. The molecule has 18 heavy (non-hydrogen) atoms. The van der Waals surface area contributed by atoms with Crippen molar-refractivity contribution in [1.82, 2.24) is 15.1 Å². The van der Waals surface area contributed by atoms with E-state index < -0.39 is 0 Å². The average molecular weight is 247 g/mol. The zero-order chi connectivity index (χ0) is 13.1. The molecule has 0 saturated heterocycles. The van der Waals surface area contributed by atoms with Gasteiger partial charge in [-0.2, -0.15) is 5.10 Å². The van der Waals surface area contributed by atoms with Crippen LogP contribution in [0.4, 0.5) is 4.39 Å². The van der Waals surface area contributed by atoms with Crippen LogP contribution in [-0.2, 0) is 13.6 Å². The normalized spacial score (nSPS) is 11.2. The van der Waals surface area contributed by atoms with Crippen LogP contribution in [0.1, 0.15) is 19.4 Å². The number of hydrogen-bond donors (Lipinski definition) is 1. The zero-order valence-corrected chi connectivity index (χ0v) is 10.9. The van der Waals surface area contributed by atoms with Crippen LogP contribution in [0.3, 0.4) is 0 Å². The molecule has 1 N–H and O–H groups in total. The van der Waals surface area contributed by atoms with Crippen LogP contribution < -0.4 is 5.32 Å². The number of aryl methyl sites for hydroxylation is 1. The molecule has 1 aromatic carbocycles. The molecule has 4 heteroatoms. The molecule has 0 atom stereocenters. The second-order valence-corrected chi connectivity index (χ2v) is 4.71. The minimum atomic E-state index is -0.232. The van der Waals surface area contributed by atoms with Gasteiger partial charge in [0.05, 0.1) is 5.69 Å². The molecule has 0 aliphatic rings. The maximum Gasteiger partial charge on any atom is 0.123 e. The number of benzene rings is 1. The second kappa shape index (κ2) is 5.31. The molecule has 0 spiro atoms. The molecule has 0 saturated carbocycles. The van der Waals surface area contributed by atoms with Crippen molar-refractivity contribution in [3.8, 4) is 11.3 Å². The summed E-state index contributed by atoms with van der Waals surface area (Å²) in [6.07, 6.45) is 1.86. The molecule has 0 amide bonds. The molecule has 0 fully saturated rings. The van der Waals surface area contributed by atoms with E-state index in [1.54, 1.807) is 10.7 Å². The highest BCUT2D eigenvalue weighted by atomic mass is 19.1. The van der Waals surface area contributed by atoms with Crippen molar-refractivity contribution in [2.45, 2.75) is 26.4 Å². The monoisotopic (exact) mass is 247 g/mol. The van der Waals surface area contributed by atoms with Gasteiger partial charge in [0.25, 0.3) is 0 Å². The van der Waals surface area contributed by atoms with Crippen LogP contribution in [0.15, 0.2) is 30.5 Å². The summed E-state index contributed by atoms with van der Waals surface area (Å²) in [5.41, 5.74) is 2.71. The molecule has 2 aromatic rings. The standard InChI is InChI=1S/C14H18FN3/c1-10(2)16-9-11-4-5-12(15)8-13(11)14-6-7-18(3)17-14/h4-8,10,16H,9H2,1-3H3. The minimum absolute atomic E-state index is 0.232. The van der Waals surface area contributed by atoms with E-state index in [1.807, 2.05) is 25.4 Å². The van der Waals surface area contributed by atoms with Crippen molar-refractivity contribution >= 4 is 0 Å². The van der Waals surface area contributed by atoms with Crippen LogP contribution >= 0.6 is 0 Å². The lowest BCUT2D eigenvalue weighted by atomic mass is 10.0. The summed E-state index contributed by atoms with van der Waals surface area (Å²) < 4.78 is 15.1. The number of aromatic nitrogens is 2. The highest BCUT2D eigenvalue weighted by molar-refractivity contribution is 5.63. The Hall–Kier alpha value is -1.68. The van der Waals surface area contributed by atoms with Crippen molar-refractivity contribution < 1.29 is 4.39 Å². The Labute approximate surface area is 107 Å². The van der Waals surface area contributed by atoms with E-state index in [-0.39, 0.29) is 5.82 Å². The zero-order valence-electron chi connectivity index (χ0n) is 10.9. The summed E-state index contributed by atoms with van der Waals surface area (Å²) in [6.45, 7) is 4.89. The smallest absolute Gasteiger partial charge is 0.123 e. The highest BCUT2D eigenvalue weighted by Crippen LogP contribution is 2.23. The average Bonchev–Trinajstić information content (AvgIpc) is 2.74. The van der Waals surface area contributed by atoms with Gasteiger partial charge in [-0.15, -0.1) is 0 Å². The van der Waals surface area contributed by atoms with Gasteiger partial charge in [-0.25, -0.2) is 4.39 Å². The predicted octanol–water partition coefficient (Wildman–Crippen LogP) is 2.72. The highest BCUT2D eigenvalue weighted by Gasteiger charge is 2.09. The summed E-state index contributed by atoms with van der Waals surface area (Å²) in [5.74, 6) is -0.232. The van der Waals surface area contributed by atoms with Crippen LogP contribution in [-0.4, -0.2) is 15.8 Å². The first-order valence-electron chi connectivity index (χ1n) is 6.08. The summed E-state index contributed by atoms with van der Waals surface area (Å²) in [5, 5.41) is 7.67. The predicted molar refractivity (Wildman–Crippen MR) is 70.6 cm³/mol. The maximum absolute atomic E-state index is 13.4. The molecule has 0 bridgehead atoms. The van der Waals surface area contributed by atoms with E-state index in [9.17, 15) is 4.39 Å². The quantitative estimate of drug-likeness (QED) is 0.900. The number of nitrogens with one attached hydrogen (secondary N) is 1. The van der Waals surface area contributed by atoms with E-state index in [1.165, 1.54) is 6.07 Å². The van der Waals surface area contributed by atoms with Crippen molar-refractivity contribution in [1.29, 1.82) is 0 Å². The van der Waals surface area contributed by atoms with Crippen LogP contribution in [0.25, 0.3) is 11.3 Å². The fraction of sp³-hybridized carbons (Fsp3) is 0.357. The third kappa shape index (κ3) is 2.96. The van der Waals surface area contributed by atoms with E-state index in [0.717, 1.165) is 16.8 Å². The number of rotatable bonds is 4. The van der Waals surface area contributed by atoms with Crippen molar-refractivity contribution in [3.63, 3.8) is 0 Å². The van der Waals surface area contributed by atoms with Gasteiger partial charge in [-0.05, 0) is 23.8 Å². The van der Waals surface area contributed by atoms with Gasteiger partial charge >= 0.3 is 0 Å². The Morgan fingerprint density at radius 1 is 1.33 bits per heavy atom. The van der Waals surface area contributed by atoms with Crippen molar-refractivity contribution in [2.75, 3.05) is 0 Å². The summed E-state index contributed by atoms with van der Waals surface area (Å²) in [4.78, 5) is 0. The first-order valence-corrected chi connectivity index (χ1v) is 6.08. The van der Waals surface area contributed by atoms with Gasteiger partial charge in [0.15, 0.2) is 0 Å². The lowest BCUT2D eigenvalue weighted by molar-refractivity contribution is 0.586. The van der Waals surface area contributed by atoms with Crippen molar-refractivity contribution in [3.05, 3.63) is 41.8 Å². The van der Waals surface area contributed by atoms with E-state index in [4.69, 9.17) is 0 Å². The van der Waals surface area contributed by atoms with Crippen molar-refractivity contribution in [2.24, 2.45) is 7.05 Å². The Bertz CT molecular complexity index is 532. The molecular formula is C14H18FN3. The van der Waals surface area contributed by atoms with E-state index in [0.29, 0.717) is 12.6 Å². The lowest BCUT2D eigenvalue weighted by Gasteiger charge is -2.11. The Morgan fingerprint density at radius 3 is 2.72 bits per heavy atom. The lowest BCUT2D eigenvalue weighted by Crippen LogP contribution is -2.22. The third-order valence-corrected chi connectivity index (χ3v) is 2.76. The topological polar surface area (TPSA) is 29.9 Å². The first-order chi connectivity index (χ1) is 8.56. The molecule has 1 heterocycles. The summed E-state index contributed by atoms with van der Waals surface area (Å²) in [6, 6.07) is 7.14. The molecule has 3 nitrogen and oxygen atoms in total. The SMILES string of the molecule is CC(C)NCc1ccc(F)cc1-c1ccn(C)n1. The molecule has 0 aliphatic carbocycles. The number of halogens is 1. The van der Waals surface area contributed by atoms with Crippen LogP contribution in [0.2, 0.25) is 0 Å². The Kier molecular flexibility index (Phi) is 3.77. The summed E-state index contributed by atoms with van der Waals surface area (Å²) in [7, 11) is 1.86. The van der Waals surface area contributed by atoms with Gasteiger partial charge in [-0.1, -0.05) is 19.9 Å². The van der Waals surface area contributed by atoms with Gasteiger partial charge in [-0.3, -0.25) is 4.68 Å². The first kappa shape index (κ1) is 12.8. The van der Waals surface area contributed by atoms with Crippen LogP contribution in [0.5, 0.6) is 0 Å². The minimum Gasteiger partial charge on any atom is -0.310 e.